The van der Waals surface area contributed by atoms with Crippen LogP contribution in [0.5, 0.6) is 0 Å². The topological polar surface area (TPSA) is 44.1 Å². The zero-order valence-electron chi connectivity index (χ0n) is 8.15. The fourth-order valence-electron chi connectivity index (χ4n) is 1.01. The maximum Gasteiger partial charge on any atom is 0.194 e. The predicted octanol–water partition coefficient (Wildman–Crippen LogP) is 1.12. The number of ketones is 1. The molecule has 0 spiro atoms. The number of rotatable bonds is 4. The van der Waals surface area contributed by atoms with Gasteiger partial charge in [-0.15, -0.1) is 0 Å². The fourth-order valence-corrected chi connectivity index (χ4v) is 1.01. The summed E-state index contributed by atoms with van der Waals surface area (Å²) in [6, 6.07) is 0. The highest BCUT2D eigenvalue weighted by Gasteiger charge is 2.15. The van der Waals surface area contributed by atoms with Crippen LogP contribution in [0.1, 0.15) is 24.2 Å². The Morgan fingerprint density at radius 2 is 2.46 bits per heavy atom. The largest absolute Gasteiger partial charge is 0.374 e. The van der Waals surface area contributed by atoms with Crippen molar-refractivity contribution in [1.82, 2.24) is 9.78 Å². The first-order valence-corrected chi connectivity index (χ1v) is 4.28. The van der Waals surface area contributed by atoms with Crippen LogP contribution in [0.3, 0.4) is 0 Å². The Morgan fingerprint density at radius 1 is 1.77 bits per heavy atom. The van der Waals surface area contributed by atoms with Crippen molar-refractivity contribution in [2.24, 2.45) is 0 Å². The Morgan fingerprint density at radius 3 is 2.92 bits per heavy atom. The lowest BCUT2D eigenvalue weighted by Crippen LogP contribution is -2.18. The second kappa shape index (κ2) is 4.18. The van der Waals surface area contributed by atoms with Crippen LogP contribution in [0.15, 0.2) is 12.4 Å². The molecule has 1 rings (SSSR count). The SMILES string of the molecule is CCn1cc(C(=O)C(C)OC)cn1. The van der Waals surface area contributed by atoms with Gasteiger partial charge in [0.1, 0.15) is 6.10 Å². The van der Waals surface area contributed by atoms with Crippen LogP contribution in [0.4, 0.5) is 0 Å². The van der Waals surface area contributed by atoms with Crippen molar-refractivity contribution in [3.8, 4) is 0 Å². The molecule has 1 aromatic heterocycles. The number of nitrogens with zero attached hydrogens (tertiary/aromatic N) is 2. The molecule has 0 bridgehead atoms. The first-order chi connectivity index (χ1) is 6.19. The zero-order chi connectivity index (χ0) is 9.84. The van der Waals surface area contributed by atoms with E-state index in [0.29, 0.717) is 5.56 Å². The molecule has 1 heterocycles. The zero-order valence-corrected chi connectivity index (χ0v) is 8.15. The van der Waals surface area contributed by atoms with Crippen molar-refractivity contribution in [2.75, 3.05) is 7.11 Å². The Hall–Kier alpha value is -1.16. The van der Waals surface area contributed by atoms with Crippen molar-refractivity contribution in [2.45, 2.75) is 26.5 Å². The first-order valence-electron chi connectivity index (χ1n) is 4.28. The average molecular weight is 182 g/mol. The summed E-state index contributed by atoms with van der Waals surface area (Å²) in [6.45, 7) is 4.47. The van der Waals surface area contributed by atoms with Gasteiger partial charge in [-0.3, -0.25) is 9.48 Å². The molecule has 0 aliphatic rings. The van der Waals surface area contributed by atoms with Gasteiger partial charge in [0.15, 0.2) is 5.78 Å². The molecule has 0 saturated heterocycles. The molecule has 1 unspecified atom stereocenters. The van der Waals surface area contributed by atoms with E-state index >= 15 is 0 Å². The number of carbonyl (C=O) groups excluding carboxylic acids is 1. The molecular weight excluding hydrogens is 168 g/mol. The minimum atomic E-state index is -0.394. The Bertz CT molecular complexity index is 294. The van der Waals surface area contributed by atoms with Crippen LogP contribution >= 0.6 is 0 Å². The van der Waals surface area contributed by atoms with Gasteiger partial charge in [-0.1, -0.05) is 0 Å². The molecule has 0 saturated carbocycles. The van der Waals surface area contributed by atoms with Gasteiger partial charge in [0, 0.05) is 19.9 Å². The Kier molecular flexibility index (Phi) is 3.19. The standard InChI is InChI=1S/C9H14N2O2/c1-4-11-6-8(5-10-11)9(12)7(2)13-3/h5-7H,4H2,1-3H3. The van der Waals surface area contributed by atoms with Crippen molar-refractivity contribution in [1.29, 1.82) is 0 Å². The van der Waals surface area contributed by atoms with E-state index in [9.17, 15) is 4.79 Å². The van der Waals surface area contributed by atoms with E-state index in [1.807, 2.05) is 6.92 Å². The molecule has 1 atom stereocenters. The van der Waals surface area contributed by atoms with Crippen molar-refractivity contribution >= 4 is 5.78 Å². The van der Waals surface area contributed by atoms with E-state index in [0.717, 1.165) is 6.54 Å². The minimum Gasteiger partial charge on any atom is -0.374 e. The van der Waals surface area contributed by atoms with Crippen molar-refractivity contribution < 1.29 is 9.53 Å². The van der Waals surface area contributed by atoms with E-state index in [1.54, 1.807) is 24.0 Å². The van der Waals surface area contributed by atoms with Gasteiger partial charge in [-0.2, -0.15) is 5.10 Å². The maximum absolute atomic E-state index is 11.5. The molecule has 0 aliphatic carbocycles. The van der Waals surface area contributed by atoms with Crippen LogP contribution in [0, 0.1) is 0 Å². The highest BCUT2D eigenvalue weighted by Crippen LogP contribution is 2.04. The molecule has 4 heteroatoms. The lowest BCUT2D eigenvalue weighted by molar-refractivity contribution is 0.0655. The second-order valence-corrected chi connectivity index (χ2v) is 2.83. The average Bonchev–Trinajstić information content (AvgIpc) is 2.63. The van der Waals surface area contributed by atoms with E-state index < -0.39 is 6.10 Å². The number of Topliss-reactive ketones (excluding diaryl/α,β-unsaturated/α-hetero) is 1. The smallest absolute Gasteiger partial charge is 0.194 e. The second-order valence-electron chi connectivity index (χ2n) is 2.83. The van der Waals surface area contributed by atoms with Gasteiger partial charge in [0.2, 0.25) is 0 Å². The molecule has 0 aliphatic heterocycles. The normalized spacial score (nSPS) is 12.8. The summed E-state index contributed by atoms with van der Waals surface area (Å²) in [7, 11) is 1.52. The highest BCUT2D eigenvalue weighted by molar-refractivity contribution is 5.98. The summed E-state index contributed by atoms with van der Waals surface area (Å²) in [5, 5.41) is 4.01. The molecular formula is C9H14N2O2. The van der Waals surface area contributed by atoms with E-state index in [1.165, 1.54) is 7.11 Å². The molecule has 13 heavy (non-hydrogen) atoms. The number of methoxy groups -OCH3 is 1. The van der Waals surface area contributed by atoms with Gasteiger partial charge in [-0.05, 0) is 13.8 Å². The van der Waals surface area contributed by atoms with E-state index in [2.05, 4.69) is 5.10 Å². The van der Waals surface area contributed by atoms with Gasteiger partial charge < -0.3 is 4.74 Å². The Labute approximate surface area is 77.5 Å². The first kappa shape index (κ1) is 9.92. The van der Waals surface area contributed by atoms with Gasteiger partial charge in [0.05, 0.1) is 11.8 Å². The summed E-state index contributed by atoms with van der Waals surface area (Å²) in [6.07, 6.45) is 2.91. The van der Waals surface area contributed by atoms with Crippen LogP contribution in [-0.4, -0.2) is 28.8 Å². The summed E-state index contributed by atoms with van der Waals surface area (Å²) in [4.78, 5) is 11.5. The minimum absolute atomic E-state index is 0.0257. The third-order valence-electron chi connectivity index (χ3n) is 1.96. The number of aryl methyl sites for hydroxylation is 1. The molecule has 72 valence electrons. The van der Waals surface area contributed by atoms with Gasteiger partial charge in [-0.25, -0.2) is 0 Å². The lowest BCUT2D eigenvalue weighted by Gasteiger charge is -2.04. The van der Waals surface area contributed by atoms with Crippen molar-refractivity contribution in [3.05, 3.63) is 18.0 Å². The van der Waals surface area contributed by atoms with Crippen LogP contribution < -0.4 is 0 Å². The Balaban J connectivity index is 2.77. The van der Waals surface area contributed by atoms with Crippen molar-refractivity contribution in [3.63, 3.8) is 0 Å². The third-order valence-corrected chi connectivity index (χ3v) is 1.96. The number of hydrogen-bond donors (Lipinski definition) is 0. The number of aromatic nitrogens is 2. The monoisotopic (exact) mass is 182 g/mol. The number of ether oxygens (including phenoxy) is 1. The van der Waals surface area contributed by atoms with E-state index in [4.69, 9.17) is 4.74 Å². The van der Waals surface area contributed by atoms with Crippen LogP contribution in [-0.2, 0) is 11.3 Å². The number of carbonyl (C=O) groups is 1. The highest BCUT2D eigenvalue weighted by atomic mass is 16.5. The summed E-state index contributed by atoms with van der Waals surface area (Å²) >= 11 is 0. The molecule has 0 N–H and O–H groups in total. The number of hydrogen-bond acceptors (Lipinski definition) is 3. The van der Waals surface area contributed by atoms with Gasteiger partial charge >= 0.3 is 0 Å². The molecule has 1 aromatic rings. The molecule has 0 aromatic carbocycles. The molecule has 0 amide bonds. The van der Waals surface area contributed by atoms with Gasteiger partial charge in [0.25, 0.3) is 0 Å². The lowest BCUT2D eigenvalue weighted by atomic mass is 10.1. The van der Waals surface area contributed by atoms with Crippen LogP contribution in [0.25, 0.3) is 0 Å². The quantitative estimate of drug-likeness (QED) is 0.655. The molecule has 0 fully saturated rings. The third kappa shape index (κ3) is 2.15. The summed E-state index contributed by atoms with van der Waals surface area (Å²) in [5.41, 5.74) is 0.608. The van der Waals surface area contributed by atoms with E-state index in [-0.39, 0.29) is 5.78 Å². The molecule has 4 nitrogen and oxygen atoms in total. The summed E-state index contributed by atoms with van der Waals surface area (Å²) < 4.78 is 6.64. The van der Waals surface area contributed by atoms with Crippen LogP contribution in [0.2, 0.25) is 0 Å². The molecule has 0 radical (unpaired) electrons. The predicted molar refractivity (Wildman–Crippen MR) is 48.7 cm³/mol. The maximum atomic E-state index is 11.5. The fraction of sp³-hybridized carbons (Fsp3) is 0.556. The summed E-state index contributed by atoms with van der Waals surface area (Å²) in [5.74, 6) is -0.0257.